The van der Waals surface area contributed by atoms with Gasteiger partial charge in [-0.15, -0.1) is 0 Å². The summed E-state index contributed by atoms with van der Waals surface area (Å²) >= 11 is 6.22. The van der Waals surface area contributed by atoms with Crippen molar-refractivity contribution in [2.45, 2.75) is 65.5 Å². The molecule has 0 aromatic heterocycles. The van der Waals surface area contributed by atoms with Crippen molar-refractivity contribution in [2.24, 2.45) is 5.92 Å². The van der Waals surface area contributed by atoms with E-state index in [0.29, 0.717) is 12.1 Å². The Labute approximate surface area is 123 Å². The summed E-state index contributed by atoms with van der Waals surface area (Å²) in [5.41, 5.74) is 1.24. The first-order chi connectivity index (χ1) is 9.06. The number of halogens is 1. The highest BCUT2D eigenvalue weighted by atomic mass is 35.5. The average molecular weight is 282 g/mol. The molecule has 0 amide bonds. The van der Waals surface area contributed by atoms with Gasteiger partial charge >= 0.3 is 0 Å². The molecule has 0 saturated carbocycles. The zero-order valence-electron chi connectivity index (χ0n) is 12.7. The summed E-state index contributed by atoms with van der Waals surface area (Å²) in [6.07, 6.45) is 4.71. The molecule has 1 aromatic rings. The lowest BCUT2D eigenvalue weighted by Gasteiger charge is -2.25. The number of hydrogen-bond acceptors (Lipinski definition) is 1. The van der Waals surface area contributed by atoms with E-state index >= 15 is 0 Å². The summed E-state index contributed by atoms with van der Waals surface area (Å²) in [5, 5.41) is 4.63. The lowest BCUT2D eigenvalue weighted by molar-refractivity contribution is 0.355. The van der Waals surface area contributed by atoms with E-state index in [4.69, 9.17) is 11.6 Å². The molecule has 0 bridgehead atoms. The lowest BCUT2D eigenvalue weighted by atomic mass is 9.96. The minimum absolute atomic E-state index is 0.467. The molecule has 2 heteroatoms. The van der Waals surface area contributed by atoms with E-state index in [0.717, 1.165) is 17.4 Å². The maximum absolute atomic E-state index is 6.22. The van der Waals surface area contributed by atoms with Crippen molar-refractivity contribution >= 4 is 11.6 Å². The van der Waals surface area contributed by atoms with Gasteiger partial charge in [-0.25, -0.2) is 0 Å². The van der Waals surface area contributed by atoms with Gasteiger partial charge in [0.15, 0.2) is 0 Å². The Morgan fingerprint density at radius 3 is 2.37 bits per heavy atom. The molecule has 108 valence electrons. The molecular formula is C17H28ClN. The minimum atomic E-state index is 0.467. The summed E-state index contributed by atoms with van der Waals surface area (Å²) in [4.78, 5) is 0. The highest BCUT2D eigenvalue weighted by molar-refractivity contribution is 6.31. The molecule has 1 N–H and O–H groups in total. The van der Waals surface area contributed by atoms with E-state index in [2.05, 4.69) is 45.1 Å². The molecule has 3 unspecified atom stereocenters. The minimum Gasteiger partial charge on any atom is -0.311 e. The van der Waals surface area contributed by atoms with Crippen LogP contribution in [0.2, 0.25) is 5.02 Å². The van der Waals surface area contributed by atoms with Gasteiger partial charge < -0.3 is 5.32 Å². The van der Waals surface area contributed by atoms with Crippen LogP contribution in [-0.2, 0) is 6.42 Å². The third-order valence-corrected chi connectivity index (χ3v) is 4.25. The van der Waals surface area contributed by atoms with Crippen molar-refractivity contribution in [1.82, 2.24) is 5.32 Å². The summed E-state index contributed by atoms with van der Waals surface area (Å²) in [6, 6.07) is 9.23. The molecular weight excluding hydrogens is 254 g/mol. The second-order valence-electron chi connectivity index (χ2n) is 5.72. The summed E-state index contributed by atoms with van der Waals surface area (Å²) in [6.45, 7) is 9.12. The second-order valence-corrected chi connectivity index (χ2v) is 6.12. The molecule has 19 heavy (non-hydrogen) atoms. The van der Waals surface area contributed by atoms with Gasteiger partial charge in [-0.3, -0.25) is 0 Å². The summed E-state index contributed by atoms with van der Waals surface area (Å²) in [5.74, 6) is 0.796. The van der Waals surface area contributed by atoms with Crippen molar-refractivity contribution < 1.29 is 0 Å². The molecule has 0 heterocycles. The van der Waals surface area contributed by atoms with Crippen molar-refractivity contribution in [3.63, 3.8) is 0 Å². The predicted octanol–water partition coefficient (Wildman–Crippen LogP) is 5.08. The van der Waals surface area contributed by atoms with Crippen molar-refractivity contribution in [3.05, 3.63) is 34.9 Å². The molecule has 1 nitrogen and oxygen atoms in total. The van der Waals surface area contributed by atoms with E-state index in [1.807, 2.05) is 12.1 Å². The quantitative estimate of drug-likeness (QED) is 0.701. The van der Waals surface area contributed by atoms with Gasteiger partial charge in [-0.2, -0.15) is 0 Å². The molecule has 0 aliphatic rings. The van der Waals surface area contributed by atoms with Crippen molar-refractivity contribution in [2.75, 3.05) is 0 Å². The van der Waals surface area contributed by atoms with E-state index in [-0.39, 0.29) is 0 Å². The maximum Gasteiger partial charge on any atom is 0.0438 e. The third kappa shape index (κ3) is 5.97. The Kier molecular flexibility index (Phi) is 7.48. The van der Waals surface area contributed by atoms with Crippen LogP contribution >= 0.6 is 11.6 Å². The average Bonchev–Trinajstić information content (AvgIpc) is 2.40. The molecule has 3 atom stereocenters. The van der Waals surface area contributed by atoms with Crippen LogP contribution < -0.4 is 5.32 Å². The summed E-state index contributed by atoms with van der Waals surface area (Å²) in [7, 11) is 0. The maximum atomic E-state index is 6.22. The fourth-order valence-electron chi connectivity index (χ4n) is 2.46. The van der Waals surface area contributed by atoms with Crippen LogP contribution in [0.4, 0.5) is 0 Å². The first kappa shape index (κ1) is 16.5. The first-order valence-corrected chi connectivity index (χ1v) is 7.94. The monoisotopic (exact) mass is 281 g/mol. The SMILES string of the molecule is CCC(C)CC(CC)NC(C)Cc1ccccc1Cl. The van der Waals surface area contributed by atoms with Crippen LogP contribution in [0.1, 0.15) is 52.5 Å². The van der Waals surface area contributed by atoms with Crippen LogP contribution in [0, 0.1) is 5.92 Å². The molecule has 0 aliphatic heterocycles. The van der Waals surface area contributed by atoms with E-state index in [1.54, 1.807) is 0 Å². The molecule has 0 spiro atoms. The Morgan fingerprint density at radius 1 is 1.11 bits per heavy atom. The number of benzene rings is 1. The number of nitrogens with one attached hydrogen (secondary N) is 1. The van der Waals surface area contributed by atoms with E-state index in [1.165, 1.54) is 24.8 Å². The molecule has 1 rings (SSSR count). The zero-order chi connectivity index (χ0) is 14.3. The second kappa shape index (κ2) is 8.60. The van der Waals surface area contributed by atoms with Gasteiger partial charge in [0, 0.05) is 17.1 Å². The predicted molar refractivity (Wildman–Crippen MR) is 85.9 cm³/mol. The van der Waals surface area contributed by atoms with Crippen molar-refractivity contribution in [1.29, 1.82) is 0 Å². The van der Waals surface area contributed by atoms with Gasteiger partial charge in [0.2, 0.25) is 0 Å². The Hall–Kier alpha value is -0.530. The highest BCUT2D eigenvalue weighted by Crippen LogP contribution is 2.18. The fraction of sp³-hybridized carbons (Fsp3) is 0.647. The molecule has 0 saturated heterocycles. The zero-order valence-corrected chi connectivity index (χ0v) is 13.5. The normalized spacial score (nSPS) is 16.1. The Bertz CT molecular complexity index is 364. The van der Waals surface area contributed by atoms with Crippen LogP contribution in [-0.4, -0.2) is 12.1 Å². The molecule has 1 aromatic carbocycles. The number of hydrogen-bond donors (Lipinski definition) is 1. The largest absolute Gasteiger partial charge is 0.311 e. The van der Waals surface area contributed by atoms with E-state index in [9.17, 15) is 0 Å². The van der Waals surface area contributed by atoms with Gasteiger partial charge in [-0.1, -0.05) is 57.0 Å². The van der Waals surface area contributed by atoms with Gasteiger partial charge in [0.05, 0.1) is 0 Å². The van der Waals surface area contributed by atoms with Crippen LogP contribution in [0.15, 0.2) is 24.3 Å². The van der Waals surface area contributed by atoms with Gasteiger partial charge in [0.1, 0.15) is 0 Å². The fourth-order valence-corrected chi connectivity index (χ4v) is 2.67. The highest BCUT2D eigenvalue weighted by Gasteiger charge is 2.14. The molecule has 0 radical (unpaired) electrons. The van der Waals surface area contributed by atoms with Crippen LogP contribution in [0.3, 0.4) is 0 Å². The van der Waals surface area contributed by atoms with Crippen molar-refractivity contribution in [3.8, 4) is 0 Å². The third-order valence-electron chi connectivity index (χ3n) is 3.88. The van der Waals surface area contributed by atoms with Crippen LogP contribution in [0.5, 0.6) is 0 Å². The smallest absolute Gasteiger partial charge is 0.0438 e. The first-order valence-electron chi connectivity index (χ1n) is 7.56. The lowest BCUT2D eigenvalue weighted by Crippen LogP contribution is -2.38. The topological polar surface area (TPSA) is 12.0 Å². The standard InChI is InChI=1S/C17H28ClN/c1-5-13(3)11-16(6-2)19-14(4)12-15-9-7-8-10-17(15)18/h7-10,13-14,16,19H,5-6,11-12H2,1-4H3. The Balaban J connectivity index is 2.49. The van der Waals surface area contributed by atoms with E-state index < -0.39 is 0 Å². The molecule has 0 aliphatic carbocycles. The number of rotatable bonds is 8. The Morgan fingerprint density at radius 2 is 1.79 bits per heavy atom. The van der Waals surface area contributed by atoms with Crippen LogP contribution in [0.25, 0.3) is 0 Å². The summed E-state index contributed by atoms with van der Waals surface area (Å²) < 4.78 is 0. The van der Waals surface area contributed by atoms with Gasteiger partial charge in [-0.05, 0) is 43.7 Å². The molecule has 0 fully saturated rings. The van der Waals surface area contributed by atoms with Gasteiger partial charge in [0.25, 0.3) is 0 Å².